The second kappa shape index (κ2) is 6.99. The van der Waals surface area contributed by atoms with E-state index in [0.717, 1.165) is 11.3 Å². The molecule has 0 aliphatic carbocycles. The first-order valence-corrected chi connectivity index (χ1v) is 7.07. The first kappa shape index (κ1) is 15.2. The Morgan fingerprint density at radius 1 is 1.19 bits per heavy atom. The van der Waals surface area contributed by atoms with Gasteiger partial charge in [0.25, 0.3) is 0 Å². The molecular weight excluding hydrogens is 288 g/mol. The number of amides is 1. The first-order valence-electron chi connectivity index (χ1n) is 6.69. The molecule has 0 bridgehead atoms. The number of hydrogen-bond donors (Lipinski definition) is 3. The van der Waals surface area contributed by atoms with E-state index in [1.54, 1.807) is 37.3 Å². The molecule has 1 amide bonds. The van der Waals surface area contributed by atoms with Crippen LogP contribution in [0, 0.1) is 0 Å². The average Bonchev–Trinajstić information content (AvgIpc) is 2.49. The monoisotopic (exact) mass is 304 g/mol. The van der Waals surface area contributed by atoms with Crippen molar-refractivity contribution < 1.29 is 9.90 Å². The van der Waals surface area contributed by atoms with E-state index in [4.69, 9.17) is 11.6 Å². The van der Waals surface area contributed by atoms with E-state index in [1.807, 2.05) is 12.1 Å². The number of carbonyl (C=O) groups is 1. The van der Waals surface area contributed by atoms with Gasteiger partial charge < -0.3 is 15.7 Å². The molecule has 0 aromatic heterocycles. The molecule has 110 valence electrons. The maximum atomic E-state index is 11.4. The van der Waals surface area contributed by atoms with Gasteiger partial charge in [0, 0.05) is 18.7 Å². The minimum atomic E-state index is -0.0400. The summed E-state index contributed by atoms with van der Waals surface area (Å²) in [5.74, 6) is 0.197. The van der Waals surface area contributed by atoms with Crippen molar-refractivity contribution in [1.29, 1.82) is 0 Å². The molecule has 0 radical (unpaired) electrons. The molecule has 0 saturated carbocycles. The van der Waals surface area contributed by atoms with Crippen molar-refractivity contribution in [3.05, 3.63) is 53.1 Å². The third kappa shape index (κ3) is 4.39. The Kier molecular flexibility index (Phi) is 5.06. The predicted molar refractivity (Wildman–Crippen MR) is 85.8 cm³/mol. The number of carbonyl (C=O) groups excluding carboxylic acids is 1. The van der Waals surface area contributed by atoms with Crippen molar-refractivity contribution in [2.24, 2.45) is 0 Å². The molecule has 0 aliphatic heterocycles. The number of hydrogen-bond acceptors (Lipinski definition) is 3. The van der Waals surface area contributed by atoms with Gasteiger partial charge in [-0.15, -0.1) is 0 Å². The summed E-state index contributed by atoms with van der Waals surface area (Å²) in [5, 5.41) is 15.8. The average molecular weight is 305 g/mol. The lowest BCUT2D eigenvalue weighted by atomic mass is 10.2. The number of phenols is 1. The number of nitrogens with one attached hydrogen (secondary N) is 2. The van der Waals surface area contributed by atoms with Crippen LogP contribution in [-0.2, 0) is 11.3 Å². The van der Waals surface area contributed by atoms with E-state index in [1.165, 1.54) is 0 Å². The van der Waals surface area contributed by atoms with Gasteiger partial charge >= 0.3 is 0 Å². The maximum Gasteiger partial charge on any atom is 0.224 e. The molecule has 2 rings (SSSR count). The SMILES string of the molecule is CCC(=O)Nc1ccc(Cl)c(NCc2ccc(O)cc2)c1. The topological polar surface area (TPSA) is 61.4 Å². The third-order valence-electron chi connectivity index (χ3n) is 2.99. The van der Waals surface area contributed by atoms with Gasteiger partial charge in [-0.3, -0.25) is 4.79 Å². The highest BCUT2D eigenvalue weighted by Gasteiger charge is 2.04. The minimum absolute atomic E-state index is 0.0400. The Hall–Kier alpha value is -2.20. The molecule has 0 spiro atoms. The highest BCUT2D eigenvalue weighted by molar-refractivity contribution is 6.33. The summed E-state index contributed by atoms with van der Waals surface area (Å²) in [6.45, 7) is 2.38. The normalized spacial score (nSPS) is 10.2. The molecular formula is C16H17ClN2O2. The summed E-state index contributed by atoms with van der Waals surface area (Å²) in [6, 6.07) is 12.2. The molecule has 0 saturated heterocycles. The Labute approximate surface area is 128 Å². The molecule has 0 aliphatic rings. The number of phenolic OH excluding ortho intramolecular Hbond substituents is 1. The van der Waals surface area contributed by atoms with Crippen LogP contribution in [0.2, 0.25) is 5.02 Å². The van der Waals surface area contributed by atoms with Gasteiger partial charge in [0.1, 0.15) is 5.75 Å². The summed E-state index contributed by atoms with van der Waals surface area (Å²) in [5.41, 5.74) is 2.48. The zero-order valence-electron chi connectivity index (χ0n) is 11.7. The fourth-order valence-electron chi connectivity index (χ4n) is 1.80. The Balaban J connectivity index is 2.06. The Bertz CT molecular complexity index is 627. The molecule has 2 aromatic carbocycles. The van der Waals surface area contributed by atoms with Gasteiger partial charge in [-0.2, -0.15) is 0 Å². The predicted octanol–water partition coefficient (Wildman–Crippen LogP) is 4.01. The van der Waals surface area contributed by atoms with E-state index in [9.17, 15) is 9.90 Å². The van der Waals surface area contributed by atoms with Gasteiger partial charge in [-0.25, -0.2) is 0 Å². The molecule has 0 fully saturated rings. The fourth-order valence-corrected chi connectivity index (χ4v) is 1.98. The summed E-state index contributed by atoms with van der Waals surface area (Å²) in [4.78, 5) is 11.4. The molecule has 3 N–H and O–H groups in total. The first-order chi connectivity index (χ1) is 10.1. The highest BCUT2D eigenvalue weighted by Crippen LogP contribution is 2.26. The minimum Gasteiger partial charge on any atom is -0.508 e. The van der Waals surface area contributed by atoms with Crippen molar-refractivity contribution in [3.8, 4) is 5.75 Å². The lowest BCUT2D eigenvalue weighted by Gasteiger charge is -2.11. The van der Waals surface area contributed by atoms with Gasteiger partial charge in [0.2, 0.25) is 5.91 Å². The van der Waals surface area contributed by atoms with Crippen LogP contribution in [0.15, 0.2) is 42.5 Å². The third-order valence-corrected chi connectivity index (χ3v) is 3.32. The van der Waals surface area contributed by atoms with Gasteiger partial charge in [0.05, 0.1) is 10.7 Å². The largest absolute Gasteiger partial charge is 0.508 e. The van der Waals surface area contributed by atoms with Gasteiger partial charge in [-0.05, 0) is 35.9 Å². The molecule has 0 unspecified atom stereocenters. The van der Waals surface area contributed by atoms with E-state index in [2.05, 4.69) is 10.6 Å². The molecule has 0 heterocycles. The molecule has 4 nitrogen and oxygen atoms in total. The number of aromatic hydroxyl groups is 1. The van der Waals surface area contributed by atoms with E-state index in [-0.39, 0.29) is 11.7 Å². The molecule has 21 heavy (non-hydrogen) atoms. The smallest absolute Gasteiger partial charge is 0.224 e. The van der Waals surface area contributed by atoms with Crippen molar-refractivity contribution in [2.45, 2.75) is 19.9 Å². The van der Waals surface area contributed by atoms with Crippen molar-refractivity contribution in [1.82, 2.24) is 0 Å². The molecule has 2 aromatic rings. The van der Waals surface area contributed by atoms with Crippen LogP contribution >= 0.6 is 11.6 Å². The molecule has 5 heteroatoms. The van der Waals surface area contributed by atoms with Crippen LogP contribution in [0.25, 0.3) is 0 Å². The summed E-state index contributed by atoms with van der Waals surface area (Å²) >= 11 is 6.14. The maximum absolute atomic E-state index is 11.4. The van der Waals surface area contributed by atoms with Gasteiger partial charge in [0.15, 0.2) is 0 Å². The summed E-state index contributed by atoms with van der Waals surface area (Å²) in [6.07, 6.45) is 0.429. The van der Waals surface area contributed by atoms with Crippen molar-refractivity contribution >= 4 is 28.9 Å². The van der Waals surface area contributed by atoms with Crippen LogP contribution in [0.4, 0.5) is 11.4 Å². The summed E-state index contributed by atoms with van der Waals surface area (Å²) < 4.78 is 0. The van der Waals surface area contributed by atoms with Gasteiger partial charge in [-0.1, -0.05) is 30.7 Å². The fraction of sp³-hybridized carbons (Fsp3) is 0.188. The summed E-state index contributed by atoms with van der Waals surface area (Å²) in [7, 11) is 0. The number of halogens is 1. The Morgan fingerprint density at radius 3 is 2.57 bits per heavy atom. The zero-order valence-corrected chi connectivity index (χ0v) is 12.4. The van der Waals surface area contributed by atoms with Crippen LogP contribution in [-0.4, -0.2) is 11.0 Å². The van der Waals surface area contributed by atoms with Crippen molar-refractivity contribution in [3.63, 3.8) is 0 Å². The number of rotatable bonds is 5. The standard InChI is InChI=1S/C16H17ClN2O2/c1-2-16(21)19-12-5-8-14(17)15(9-12)18-10-11-3-6-13(20)7-4-11/h3-9,18,20H,2,10H2,1H3,(H,19,21). The highest BCUT2D eigenvalue weighted by atomic mass is 35.5. The van der Waals surface area contributed by atoms with Crippen LogP contribution < -0.4 is 10.6 Å². The van der Waals surface area contributed by atoms with E-state index in [0.29, 0.717) is 23.7 Å². The van der Waals surface area contributed by atoms with Crippen LogP contribution in [0.1, 0.15) is 18.9 Å². The van der Waals surface area contributed by atoms with E-state index >= 15 is 0 Å². The second-order valence-electron chi connectivity index (χ2n) is 4.62. The second-order valence-corrected chi connectivity index (χ2v) is 5.02. The number of anilines is 2. The number of benzene rings is 2. The Morgan fingerprint density at radius 2 is 1.90 bits per heavy atom. The lowest BCUT2D eigenvalue weighted by Crippen LogP contribution is -2.09. The van der Waals surface area contributed by atoms with Crippen molar-refractivity contribution in [2.75, 3.05) is 10.6 Å². The van der Waals surface area contributed by atoms with Crippen LogP contribution in [0.3, 0.4) is 0 Å². The molecule has 0 atom stereocenters. The lowest BCUT2D eigenvalue weighted by molar-refractivity contribution is -0.115. The van der Waals surface area contributed by atoms with Crippen LogP contribution in [0.5, 0.6) is 5.75 Å². The quantitative estimate of drug-likeness (QED) is 0.782. The van der Waals surface area contributed by atoms with E-state index < -0.39 is 0 Å². The zero-order chi connectivity index (χ0) is 15.2.